The van der Waals surface area contributed by atoms with Crippen molar-refractivity contribution in [2.45, 2.75) is 29.4 Å². The van der Waals surface area contributed by atoms with Crippen LogP contribution in [0.3, 0.4) is 0 Å². The van der Waals surface area contributed by atoms with E-state index in [4.69, 9.17) is 49.3 Å². The van der Waals surface area contributed by atoms with E-state index in [9.17, 15) is 0 Å². The van der Waals surface area contributed by atoms with Gasteiger partial charge < -0.3 is 19.1 Å². The second kappa shape index (κ2) is 36.4. The van der Waals surface area contributed by atoms with Crippen LogP contribution in [0.2, 0.25) is 0 Å². The maximum absolute atomic E-state index is 6.06. The summed E-state index contributed by atoms with van der Waals surface area (Å²) in [5.74, 6) is 5.85. The maximum atomic E-state index is 6.06. The van der Waals surface area contributed by atoms with Crippen LogP contribution in [0.4, 0.5) is 51.2 Å². The molecule has 0 saturated carbocycles. The van der Waals surface area contributed by atoms with Crippen LogP contribution in [0.1, 0.15) is 0 Å². The summed E-state index contributed by atoms with van der Waals surface area (Å²) in [6.07, 6.45) is 0. The van der Waals surface area contributed by atoms with Crippen molar-refractivity contribution in [2.75, 3.05) is 14.7 Å². The van der Waals surface area contributed by atoms with Crippen LogP contribution >= 0.6 is 58.0 Å². The molecule has 25 aromatic rings. The standard InChI is InChI=1S/C45H28N4OS.2C39H24N4S2/c1-2-10-30(11-3-1)43-46-44(31-20-18-29(19-21-31)33-24-27-40-36(28-33)35-12-4-7-15-39(35)50-40)48-45(47-43)32-22-25-34(26-23-32)49-37-13-5-8-16-41(37)51-42-17-9-6-14-38(42)49;1-2-11-25(12-3-1)37-40-38(42-39(41-37)30-15-10-14-29-28-13-4-7-18-33(28)45-36(29)30)26-21-23-27(24-22-26)43-31-16-5-8-19-34(31)44-35-20-9-6-17-32(35)43;1-2-10-25(11-3-1)37-40-38(42-39(41-37)27-20-23-34-30(24-27)29-12-4-7-15-33(29)44-34)26-18-21-28(22-19-26)43-31-13-5-8-16-35(31)45-36-17-9-6-14-32(36)43/h1-28H;2*1-24H. The van der Waals surface area contributed by atoms with Gasteiger partial charge in [0.2, 0.25) is 0 Å². The highest BCUT2D eigenvalue weighted by molar-refractivity contribution is 8.00. The van der Waals surface area contributed by atoms with Gasteiger partial charge in [0.25, 0.3) is 0 Å². The number of nitrogens with zero attached hydrogens (tertiary/aromatic N) is 12. The number of hydrogen-bond donors (Lipinski definition) is 0. The zero-order chi connectivity index (χ0) is 93.2. The van der Waals surface area contributed by atoms with Crippen LogP contribution in [0, 0.1) is 0 Å². The third kappa shape index (κ3) is 16.1. The Hall–Kier alpha value is -17.1. The molecule has 0 unspecified atom stereocenters. The molecule has 0 aliphatic carbocycles. The fourth-order valence-corrected chi connectivity index (χ4v) is 24.2. The molecule has 664 valence electrons. The fraction of sp³-hybridized carbons (Fsp3) is 0. The predicted octanol–water partition coefficient (Wildman–Crippen LogP) is 34.7. The molecule has 6 aromatic heterocycles. The van der Waals surface area contributed by atoms with Gasteiger partial charge in [-0.1, -0.05) is 296 Å². The van der Waals surface area contributed by atoms with E-state index in [0.717, 1.165) is 100 Å². The van der Waals surface area contributed by atoms with Crippen LogP contribution in [-0.4, -0.2) is 44.9 Å². The molecule has 13 nitrogen and oxygen atoms in total. The molecule has 141 heavy (non-hydrogen) atoms. The normalized spacial score (nSPS) is 12.3. The molecule has 28 rings (SSSR count). The highest BCUT2D eigenvalue weighted by atomic mass is 32.2. The summed E-state index contributed by atoms with van der Waals surface area (Å²) in [4.78, 5) is 59.5. The van der Waals surface area contributed by atoms with Crippen LogP contribution < -0.4 is 14.7 Å². The molecule has 0 N–H and O–H groups in total. The van der Waals surface area contributed by atoms with E-state index in [1.807, 2.05) is 144 Å². The lowest BCUT2D eigenvalue weighted by atomic mass is 10.0. The van der Waals surface area contributed by atoms with E-state index in [1.54, 1.807) is 11.3 Å². The number of hydrogen-bond acceptors (Lipinski definition) is 18. The van der Waals surface area contributed by atoms with Crippen molar-refractivity contribution in [2.24, 2.45) is 0 Å². The third-order valence-corrected chi connectivity index (χ3v) is 31.3. The minimum absolute atomic E-state index is 0.627. The van der Waals surface area contributed by atoms with Crippen LogP contribution in [0.25, 0.3) is 176 Å². The Bertz CT molecular complexity index is 8980. The highest BCUT2D eigenvalue weighted by Crippen LogP contribution is 2.56. The first-order valence-electron chi connectivity index (χ1n) is 46.4. The van der Waals surface area contributed by atoms with E-state index < -0.39 is 0 Å². The maximum Gasteiger partial charge on any atom is 0.165 e. The Balaban J connectivity index is 0.000000109. The molecular formula is C123H76N12OS5. The van der Waals surface area contributed by atoms with Gasteiger partial charge in [0, 0.05) is 148 Å². The number of thiophene rings is 2. The Labute approximate surface area is 832 Å². The zero-order valence-corrected chi connectivity index (χ0v) is 79.3. The number of para-hydroxylation sites is 7. The van der Waals surface area contributed by atoms with E-state index in [1.165, 1.54) is 104 Å². The van der Waals surface area contributed by atoms with Crippen LogP contribution in [0.5, 0.6) is 0 Å². The minimum Gasteiger partial charge on any atom is -0.456 e. The topological polar surface area (TPSA) is 139 Å². The average molecular weight is 1900 g/mol. The SMILES string of the molecule is c1ccc(-c2nc(-c3ccc(-c4ccc5oc6ccccc6c5c4)cc3)nc(-c3ccc(N4c5ccccc5Sc5ccccc54)cc3)n2)cc1.c1ccc(-c2nc(-c3ccc(N4c5ccccc5Sc5ccccc54)cc3)nc(-c3ccc4sc5ccccc5c4c3)n2)cc1.c1ccc(-c2nc(-c3ccc(N4c5ccccc5Sc5ccccc54)cc3)nc(-c3cccc4c3sc3ccccc34)n2)cc1. The Kier molecular flexibility index (Phi) is 21.8. The van der Waals surface area contributed by atoms with Crippen molar-refractivity contribution >= 4 is 171 Å². The summed E-state index contributed by atoms with van der Waals surface area (Å²) in [5.41, 5.74) is 22.9. The van der Waals surface area contributed by atoms with Crippen molar-refractivity contribution in [1.29, 1.82) is 0 Å². The molecular weight excluding hydrogens is 1820 g/mol. The van der Waals surface area contributed by atoms with Gasteiger partial charge in [-0.25, -0.2) is 44.9 Å². The molecule has 0 saturated heterocycles. The molecule has 0 radical (unpaired) electrons. The number of furan rings is 1. The van der Waals surface area contributed by atoms with Crippen LogP contribution in [-0.2, 0) is 0 Å². The van der Waals surface area contributed by atoms with Gasteiger partial charge in [0.1, 0.15) is 11.2 Å². The third-order valence-electron chi connectivity index (χ3n) is 25.6. The molecule has 0 spiro atoms. The first kappa shape index (κ1) is 84.4. The summed E-state index contributed by atoms with van der Waals surface area (Å²) in [6, 6.07) is 160. The van der Waals surface area contributed by atoms with E-state index in [0.29, 0.717) is 52.4 Å². The van der Waals surface area contributed by atoms with Gasteiger partial charge in [-0.2, -0.15) is 0 Å². The second-order valence-corrected chi connectivity index (χ2v) is 39.6. The number of fused-ring (bicyclic) bond motifs is 15. The molecule has 18 heteroatoms. The van der Waals surface area contributed by atoms with Gasteiger partial charge in [-0.05, 0) is 211 Å². The molecule has 3 aliphatic rings. The molecule has 3 aliphatic heterocycles. The summed E-state index contributed by atoms with van der Waals surface area (Å²) < 4.78 is 11.0. The minimum atomic E-state index is 0.627. The molecule has 0 fully saturated rings. The van der Waals surface area contributed by atoms with E-state index in [2.05, 4.69) is 379 Å². The van der Waals surface area contributed by atoms with Gasteiger partial charge >= 0.3 is 0 Å². The number of aromatic nitrogens is 9. The summed E-state index contributed by atoms with van der Waals surface area (Å²) in [6.45, 7) is 0. The number of anilines is 9. The van der Waals surface area contributed by atoms with Crippen LogP contribution in [0.15, 0.2) is 495 Å². The lowest BCUT2D eigenvalue weighted by Gasteiger charge is -2.32. The lowest BCUT2D eigenvalue weighted by molar-refractivity contribution is 0.669. The van der Waals surface area contributed by atoms with E-state index >= 15 is 0 Å². The van der Waals surface area contributed by atoms with Crippen molar-refractivity contribution in [1.82, 2.24) is 44.9 Å². The zero-order valence-electron chi connectivity index (χ0n) is 75.2. The Morgan fingerprint density at radius 2 is 0.447 bits per heavy atom. The Morgan fingerprint density at radius 1 is 0.170 bits per heavy atom. The van der Waals surface area contributed by atoms with Gasteiger partial charge in [0.15, 0.2) is 52.4 Å². The van der Waals surface area contributed by atoms with Crippen molar-refractivity contribution < 1.29 is 4.42 Å². The first-order chi connectivity index (χ1) is 69.8. The number of rotatable bonds is 13. The monoisotopic (exact) mass is 1900 g/mol. The highest BCUT2D eigenvalue weighted by Gasteiger charge is 2.30. The smallest absolute Gasteiger partial charge is 0.165 e. The molecule has 0 bridgehead atoms. The molecule has 0 amide bonds. The average Bonchev–Trinajstić information content (AvgIpc) is 1.53. The Morgan fingerprint density at radius 3 is 0.858 bits per heavy atom. The first-order valence-corrected chi connectivity index (χ1v) is 50.5. The molecule has 0 atom stereocenters. The molecule has 19 aromatic carbocycles. The van der Waals surface area contributed by atoms with Crippen molar-refractivity contribution in [3.63, 3.8) is 0 Å². The largest absolute Gasteiger partial charge is 0.456 e. The lowest BCUT2D eigenvalue weighted by Crippen LogP contribution is -2.14. The van der Waals surface area contributed by atoms with Gasteiger partial charge in [0.05, 0.1) is 34.1 Å². The summed E-state index contributed by atoms with van der Waals surface area (Å²) in [7, 11) is 0. The van der Waals surface area contributed by atoms with E-state index in [-0.39, 0.29) is 0 Å². The van der Waals surface area contributed by atoms with Crippen molar-refractivity contribution in [3.05, 3.63) is 461 Å². The van der Waals surface area contributed by atoms with Gasteiger partial charge in [-0.3, -0.25) is 0 Å². The predicted molar refractivity (Wildman–Crippen MR) is 583 cm³/mol. The molecule has 9 heterocycles. The summed E-state index contributed by atoms with van der Waals surface area (Å²) >= 11 is 9.03. The van der Waals surface area contributed by atoms with Crippen molar-refractivity contribution in [3.8, 4) is 114 Å². The number of benzene rings is 19. The summed E-state index contributed by atoms with van der Waals surface area (Å²) in [5, 5.41) is 7.19. The fourth-order valence-electron chi connectivity index (χ4n) is 18.8. The second-order valence-electron chi connectivity index (χ2n) is 34.3. The quantitative estimate of drug-likeness (QED) is 0.108. The van der Waals surface area contributed by atoms with Gasteiger partial charge in [-0.15, -0.1) is 22.7 Å².